The summed E-state index contributed by atoms with van der Waals surface area (Å²) >= 11 is 1.65. The summed E-state index contributed by atoms with van der Waals surface area (Å²) in [5.74, 6) is 1.31. The quantitative estimate of drug-likeness (QED) is 0.782. The number of aromatic nitrogens is 3. The topological polar surface area (TPSA) is 38.7 Å². The standard InChI is InChI=1S/C11H15N3S/c1-5-8-9-11(15-7(4)12-9)14-10(13-8)6(2)3/h6H,5H2,1-4H3. The van der Waals surface area contributed by atoms with Gasteiger partial charge in [-0.1, -0.05) is 32.1 Å². The van der Waals surface area contributed by atoms with Gasteiger partial charge in [-0.15, -0.1) is 0 Å². The molecule has 0 aromatic carbocycles. The highest BCUT2D eigenvalue weighted by Gasteiger charge is 2.12. The Bertz CT molecular complexity index is 488. The van der Waals surface area contributed by atoms with Gasteiger partial charge in [-0.25, -0.2) is 15.0 Å². The minimum absolute atomic E-state index is 0.377. The van der Waals surface area contributed by atoms with Crippen molar-refractivity contribution in [1.29, 1.82) is 0 Å². The highest BCUT2D eigenvalue weighted by Crippen LogP contribution is 2.24. The van der Waals surface area contributed by atoms with Crippen LogP contribution in [-0.2, 0) is 6.42 Å². The van der Waals surface area contributed by atoms with Gasteiger partial charge >= 0.3 is 0 Å². The Hall–Kier alpha value is -1.03. The molecule has 0 saturated carbocycles. The molecule has 0 spiro atoms. The van der Waals surface area contributed by atoms with E-state index in [1.807, 2.05) is 6.92 Å². The fraction of sp³-hybridized carbons (Fsp3) is 0.545. The molecular formula is C11H15N3S. The first-order valence-corrected chi connectivity index (χ1v) is 6.07. The Morgan fingerprint density at radius 1 is 1.20 bits per heavy atom. The number of thiazole rings is 1. The molecule has 2 heterocycles. The van der Waals surface area contributed by atoms with E-state index in [0.29, 0.717) is 5.92 Å². The van der Waals surface area contributed by atoms with Crippen LogP contribution in [0, 0.1) is 6.92 Å². The van der Waals surface area contributed by atoms with Crippen LogP contribution in [0.2, 0.25) is 0 Å². The second-order valence-electron chi connectivity index (χ2n) is 3.92. The average molecular weight is 221 g/mol. The van der Waals surface area contributed by atoms with Gasteiger partial charge in [0, 0.05) is 5.92 Å². The summed E-state index contributed by atoms with van der Waals surface area (Å²) in [6, 6.07) is 0. The zero-order valence-corrected chi connectivity index (χ0v) is 10.4. The first-order chi connectivity index (χ1) is 7.11. The molecule has 15 heavy (non-hydrogen) atoms. The molecule has 0 unspecified atom stereocenters. The number of hydrogen-bond acceptors (Lipinski definition) is 4. The third-order valence-electron chi connectivity index (χ3n) is 2.31. The van der Waals surface area contributed by atoms with Crippen molar-refractivity contribution in [2.45, 2.75) is 40.0 Å². The molecule has 2 rings (SSSR count). The molecule has 0 bridgehead atoms. The number of rotatable bonds is 2. The molecule has 2 aromatic rings. The summed E-state index contributed by atoms with van der Waals surface area (Å²) in [6.45, 7) is 8.37. The monoisotopic (exact) mass is 221 g/mol. The van der Waals surface area contributed by atoms with Crippen LogP contribution in [0.25, 0.3) is 10.3 Å². The van der Waals surface area contributed by atoms with E-state index in [-0.39, 0.29) is 0 Å². The van der Waals surface area contributed by atoms with Gasteiger partial charge in [-0.3, -0.25) is 0 Å². The van der Waals surface area contributed by atoms with Crippen LogP contribution in [0.5, 0.6) is 0 Å². The first kappa shape index (κ1) is 10.5. The molecule has 2 aromatic heterocycles. The van der Waals surface area contributed by atoms with Crippen molar-refractivity contribution < 1.29 is 0 Å². The Morgan fingerprint density at radius 2 is 1.93 bits per heavy atom. The second kappa shape index (κ2) is 3.85. The van der Waals surface area contributed by atoms with E-state index in [9.17, 15) is 0 Å². The van der Waals surface area contributed by atoms with Gasteiger partial charge in [-0.2, -0.15) is 0 Å². The Labute approximate surface area is 93.6 Å². The lowest BCUT2D eigenvalue weighted by Crippen LogP contribution is -2.01. The van der Waals surface area contributed by atoms with E-state index in [1.54, 1.807) is 11.3 Å². The molecule has 0 aliphatic rings. The summed E-state index contributed by atoms with van der Waals surface area (Å²) in [7, 11) is 0. The lowest BCUT2D eigenvalue weighted by molar-refractivity contribution is 0.770. The van der Waals surface area contributed by atoms with Crippen LogP contribution in [-0.4, -0.2) is 15.0 Å². The molecule has 80 valence electrons. The summed E-state index contributed by atoms with van der Waals surface area (Å²) in [6.07, 6.45) is 0.919. The van der Waals surface area contributed by atoms with Gasteiger partial charge in [0.25, 0.3) is 0 Å². The minimum Gasteiger partial charge on any atom is -0.238 e. The van der Waals surface area contributed by atoms with Crippen molar-refractivity contribution >= 4 is 21.7 Å². The van der Waals surface area contributed by atoms with Crippen LogP contribution in [0.4, 0.5) is 0 Å². The minimum atomic E-state index is 0.377. The third kappa shape index (κ3) is 1.86. The number of aryl methyl sites for hydroxylation is 2. The molecule has 0 aliphatic carbocycles. The molecule has 0 amide bonds. The van der Waals surface area contributed by atoms with Crippen molar-refractivity contribution in [1.82, 2.24) is 15.0 Å². The first-order valence-electron chi connectivity index (χ1n) is 5.25. The van der Waals surface area contributed by atoms with Crippen molar-refractivity contribution in [2.75, 3.05) is 0 Å². The fourth-order valence-corrected chi connectivity index (χ4v) is 2.32. The average Bonchev–Trinajstić information content (AvgIpc) is 2.56. The summed E-state index contributed by atoms with van der Waals surface area (Å²) in [4.78, 5) is 14.6. The van der Waals surface area contributed by atoms with E-state index in [0.717, 1.165) is 33.3 Å². The maximum atomic E-state index is 4.57. The summed E-state index contributed by atoms with van der Waals surface area (Å²) in [5.41, 5.74) is 2.07. The van der Waals surface area contributed by atoms with E-state index in [2.05, 4.69) is 35.7 Å². The van der Waals surface area contributed by atoms with Gasteiger partial charge in [0.05, 0.1) is 10.7 Å². The molecule has 0 fully saturated rings. The summed E-state index contributed by atoms with van der Waals surface area (Å²) < 4.78 is 0. The van der Waals surface area contributed by atoms with Crippen LogP contribution >= 0.6 is 11.3 Å². The lowest BCUT2D eigenvalue weighted by Gasteiger charge is -2.05. The van der Waals surface area contributed by atoms with Gasteiger partial charge in [-0.05, 0) is 13.3 Å². The zero-order valence-electron chi connectivity index (χ0n) is 9.53. The molecule has 4 heteroatoms. The number of hydrogen-bond donors (Lipinski definition) is 0. The summed E-state index contributed by atoms with van der Waals surface area (Å²) in [5, 5.41) is 1.06. The normalized spacial score (nSPS) is 11.5. The zero-order chi connectivity index (χ0) is 11.0. The van der Waals surface area contributed by atoms with Gasteiger partial charge in [0.2, 0.25) is 0 Å². The Morgan fingerprint density at radius 3 is 2.53 bits per heavy atom. The molecule has 3 nitrogen and oxygen atoms in total. The smallest absolute Gasteiger partial charge is 0.147 e. The van der Waals surface area contributed by atoms with Gasteiger partial charge in [0.15, 0.2) is 0 Å². The second-order valence-corrected chi connectivity index (χ2v) is 5.11. The van der Waals surface area contributed by atoms with Crippen LogP contribution in [0.15, 0.2) is 0 Å². The maximum Gasteiger partial charge on any atom is 0.147 e. The van der Waals surface area contributed by atoms with Crippen molar-refractivity contribution in [3.8, 4) is 0 Å². The van der Waals surface area contributed by atoms with Crippen molar-refractivity contribution in [3.05, 3.63) is 16.5 Å². The molecule has 0 saturated heterocycles. The SMILES string of the molecule is CCc1nc(C(C)C)nc2sc(C)nc12. The van der Waals surface area contributed by atoms with Crippen molar-refractivity contribution in [2.24, 2.45) is 0 Å². The van der Waals surface area contributed by atoms with Gasteiger partial charge < -0.3 is 0 Å². The molecule has 0 aliphatic heterocycles. The van der Waals surface area contributed by atoms with E-state index < -0.39 is 0 Å². The Kier molecular flexibility index (Phi) is 2.69. The fourth-order valence-electron chi connectivity index (χ4n) is 1.51. The maximum absolute atomic E-state index is 4.57. The van der Waals surface area contributed by atoms with Gasteiger partial charge in [0.1, 0.15) is 16.2 Å². The third-order valence-corrected chi connectivity index (χ3v) is 3.17. The molecule has 0 atom stereocenters. The van der Waals surface area contributed by atoms with Crippen LogP contribution in [0.3, 0.4) is 0 Å². The Balaban J connectivity index is 2.70. The van der Waals surface area contributed by atoms with Crippen LogP contribution in [0.1, 0.15) is 43.2 Å². The predicted octanol–water partition coefficient (Wildman–Crippen LogP) is 3.08. The van der Waals surface area contributed by atoms with E-state index in [1.165, 1.54) is 0 Å². The highest BCUT2D eigenvalue weighted by atomic mass is 32.1. The largest absolute Gasteiger partial charge is 0.238 e. The van der Waals surface area contributed by atoms with E-state index >= 15 is 0 Å². The van der Waals surface area contributed by atoms with Crippen molar-refractivity contribution in [3.63, 3.8) is 0 Å². The predicted molar refractivity (Wildman–Crippen MR) is 63.4 cm³/mol. The van der Waals surface area contributed by atoms with Crippen LogP contribution < -0.4 is 0 Å². The molecule has 0 N–H and O–H groups in total. The molecule has 0 radical (unpaired) electrons. The highest BCUT2D eigenvalue weighted by molar-refractivity contribution is 7.18. The van der Waals surface area contributed by atoms with E-state index in [4.69, 9.17) is 0 Å². The number of nitrogens with zero attached hydrogens (tertiary/aromatic N) is 3. The molecular weight excluding hydrogens is 206 g/mol. The number of fused-ring (bicyclic) bond motifs is 1. The lowest BCUT2D eigenvalue weighted by atomic mass is 10.2.